The number of aryl methyl sites for hydroxylation is 1. The molecule has 4 heterocycles. The van der Waals surface area contributed by atoms with Gasteiger partial charge in [0, 0.05) is 39.4 Å². The summed E-state index contributed by atoms with van der Waals surface area (Å²) < 4.78 is 2.22. The quantitative estimate of drug-likeness (QED) is 0.809. The molecule has 0 spiro atoms. The maximum atomic E-state index is 13.0. The van der Waals surface area contributed by atoms with E-state index in [-0.39, 0.29) is 17.9 Å². The molecule has 4 rings (SSSR count). The molecule has 0 bridgehead atoms. The van der Waals surface area contributed by atoms with E-state index >= 15 is 0 Å². The van der Waals surface area contributed by atoms with E-state index in [1.807, 2.05) is 4.90 Å². The van der Waals surface area contributed by atoms with Gasteiger partial charge < -0.3 is 9.47 Å². The molecule has 134 valence electrons. The number of nitrogens with zero attached hydrogens (tertiary/aromatic N) is 6. The van der Waals surface area contributed by atoms with E-state index in [0.29, 0.717) is 25.1 Å². The molecule has 0 saturated carbocycles. The minimum Gasteiger partial charge on any atom is -0.327 e. The fraction of sp³-hybridized carbons (Fsp3) is 0.706. The summed E-state index contributed by atoms with van der Waals surface area (Å²) in [4.78, 5) is 26.5. The Hall–Kier alpha value is -2.25. The maximum Gasteiger partial charge on any atom is 0.270 e. The molecule has 0 N–H and O–H groups in total. The van der Waals surface area contributed by atoms with Crippen LogP contribution in [0.5, 0.6) is 0 Å². The number of rotatable bonds is 2. The van der Waals surface area contributed by atoms with E-state index in [0.717, 1.165) is 50.3 Å². The van der Waals surface area contributed by atoms with Crippen LogP contribution < -0.4 is 0 Å². The van der Waals surface area contributed by atoms with Gasteiger partial charge in [0.25, 0.3) is 5.91 Å². The SMILES string of the molecule is CN1N=C(C(=O)N2CCCC2c2nnc3n2CCCCC3)CCC1=O. The summed E-state index contributed by atoms with van der Waals surface area (Å²) in [6.07, 6.45) is 7.11. The van der Waals surface area contributed by atoms with Crippen LogP contribution in [0.1, 0.15) is 62.6 Å². The average Bonchev–Trinajstić information content (AvgIpc) is 3.17. The fourth-order valence-electron chi connectivity index (χ4n) is 4.02. The van der Waals surface area contributed by atoms with Gasteiger partial charge in [-0.3, -0.25) is 9.59 Å². The van der Waals surface area contributed by atoms with Gasteiger partial charge in [-0.1, -0.05) is 6.42 Å². The summed E-state index contributed by atoms with van der Waals surface area (Å²) in [5.74, 6) is 1.86. The molecule has 1 aromatic heterocycles. The standard InChI is InChI=1S/C17H24N6O2/c1-21-15(24)9-8-12(20-21)17(25)22-11-5-6-13(22)16-19-18-14-7-3-2-4-10-23(14)16/h13H,2-11H2,1H3. The number of carbonyl (C=O) groups excluding carboxylic acids is 2. The predicted molar refractivity (Wildman–Crippen MR) is 90.7 cm³/mol. The van der Waals surface area contributed by atoms with Gasteiger partial charge in [0.15, 0.2) is 5.82 Å². The molecule has 0 aliphatic carbocycles. The third kappa shape index (κ3) is 2.94. The Balaban J connectivity index is 1.59. The van der Waals surface area contributed by atoms with Crippen molar-refractivity contribution in [3.8, 4) is 0 Å². The molecule has 1 atom stereocenters. The van der Waals surface area contributed by atoms with Crippen LogP contribution in [-0.4, -0.2) is 55.8 Å². The number of carbonyl (C=O) groups is 2. The van der Waals surface area contributed by atoms with E-state index < -0.39 is 0 Å². The van der Waals surface area contributed by atoms with E-state index in [2.05, 4.69) is 19.9 Å². The number of amides is 2. The second-order valence-electron chi connectivity index (χ2n) is 7.06. The molecule has 3 aliphatic rings. The molecule has 1 aromatic rings. The lowest BCUT2D eigenvalue weighted by Gasteiger charge is -2.27. The van der Waals surface area contributed by atoms with E-state index in [1.54, 1.807) is 7.05 Å². The molecular formula is C17H24N6O2. The van der Waals surface area contributed by atoms with Crippen LogP contribution in [0.3, 0.4) is 0 Å². The minimum atomic E-state index is -0.0622. The van der Waals surface area contributed by atoms with Crippen molar-refractivity contribution < 1.29 is 9.59 Å². The van der Waals surface area contributed by atoms with Crippen LogP contribution in [0.4, 0.5) is 0 Å². The largest absolute Gasteiger partial charge is 0.327 e. The maximum absolute atomic E-state index is 13.0. The molecule has 8 nitrogen and oxygen atoms in total. The van der Waals surface area contributed by atoms with Gasteiger partial charge in [-0.15, -0.1) is 10.2 Å². The first-order valence-corrected chi connectivity index (χ1v) is 9.22. The Morgan fingerprint density at radius 3 is 2.76 bits per heavy atom. The van der Waals surface area contributed by atoms with Gasteiger partial charge in [-0.05, 0) is 25.7 Å². The van der Waals surface area contributed by atoms with Crippen molar-refractivity contribution in [3.05, 3.63) is 11.6 Å². The van der Waals surface area contributed by atoms with Crippen molar-refractivity contribution in [2.24, 2.45) is 5.10 Å². The van der Waals surface area contributed by atoms with E-state index in [9.17, 15) is 9.59 Å². The third-order valence-electron chi connectivity index (χ3n) is 5.40. The first-order valence-electron chi connectivity index (χ1n) is 9.22. The van der Waals surface area contributed by atoms with Crippen molar-refractivity contribution in [2.75, 3.05) is 13.6 Å². The molecule has 8 heteroatoms. The zero-order chi connectivity index (χ0) is 17.4. The first kappa shape index (κ1) is 16.2. The number of aromatic nitrogens is 3. The topological polar surface area (TPSA) is 83.7 Å². The number of hydrogen-bond donors (Lipinski definition) is 0. The van der Waals surface area contributed by atoms with Gasteiger partial charge in [0.2, 0.25) is 5.91 Å². The highest BCUT2D eigenvalue weighted by Gasteiger charge is 2.37. The molecular weight excluding hydrogens is 320 g/mol. The van der Waals surface area contributed by atoms with Crippen LogP contribution in [0.2, 0.25) is 0 Å². The summed E-state index contributed by atoms with van der Waals surface area (Å²) in [7, 11) is 1.61. The predicted octanol–water partition coefficient (Wildman–Crippen LogP) is 1.28. The number of likely N-dealkylation sites (tertiary alicyclic amines) is 1. The normalized spacial score (nSPS) is 24.1. The lowest BCUT2D eigenvalue weighted by atomic mass is 10.1. The Morgan fingerprint density at radius 1 is 1.04 bits per heavy atom. The molecule has 3 aliphatic heterocycles. The molecule has 2 amide bonds. The highest BCUT2D eigenvalue weighted by atomic mass is 16.2. The lowest BCUT2D eigenvalue weighted by molar-refractivity contribution is -0.130. The van der Waals surface area contributed by atoms with Gasteiger partial charge in [0.05, 0.1) is 6.04 Å². The van der Waals surface area contributed by atoms with Crippen molar-refractivity contribution >= 4 is 17.5 Å². The summed E-state index contributed by atoms with van der Waals surface area (Å²) in [6, 6.07) is -0.0301. The van der Waals surface area contributed by atoms with Crippen LogP contribution in [-0.2, 0) is 22.6 Å². The number of hydrogen-bond acceptors (Lipinski definition) is 5. The Labute approximate surface area is 146 Å². The fourth-order valence-corrected chi connectivity index (χ4v) is 4.02. The van der Waals surface area contributed by atoms with Crippen LogP contribution >= 0.6 is 0 Å². The molecule has 0 aromatic carbocycles. The van der Waals surface area contributed by atoms with Crippen LogP contribution in [0, 0.1) is 0 Å². The smallest absolute Gasteiger partial charge is 0.270 e. The zero-order valence-corrected chi connectivity index (χ0v) is 14.6. The van der Waals surface area contributed by atoms with Crippen molar-refractivity contribution in [3.63, 3.8) is 0 Å². The van der Waals surface area contributed by atoms with Crippen LogP contribution in [0.25, 0.3) is 0 Å². The van der Waals surface area contributed by atoms with Gasteiger partial charge in [-0.2, -0.15) is 5.10 Å². The summed E-state index contributed by atoms with van der Waals surface area (Å²) in [6.45, 7) is 1.65. The van der Waals surface area contributed by atoms with Crippen LogP contribution in [0.15, 0.2) is 5.10 Å². The molecule has 1 fully saturated rings. The minimum absolute atomic E-state index is 0.0301. The molecule has 1 saturated heterocycles. The van der Waals surface area contributed by atoms with Crippen molar-refractivity contribution in [1.82, 2.24) is 24.7 Å². The Kier molecular flexibility index (Phi) is 4.27. The third-order valence-corrected chi connectivity index (χ3v) is 5.40. The van der Waals surface area contributed by atoms with E-state index in [1.165, 1.54) is 11.4 Å². The number of fused-ring (bicyclic) bond motifs is 1. The Morgan fingerprint density at radius 2 is 1.92 bits per heavy atom. The summed E-state index contributed by atoms with van der Waals surface area (Å²) in [5.41, 5.74) is 0.476. The highest BCUT2D eigenvalue weighted by molar-refractivity contribution is 6.39. The second-order valence-corrected chi connectivity index (χ2v) is 7.06. The molecule has 0 radical (unpaired) electrons. The average molecular weight is 344 g/mol. The van der Waals surface area contributed by atoms with Gasteiger partial charge in [0.1, 0.15) is 11.5 Å². The zero-order valence-electron chi connectivity index (χ0n) is 14.6. The molecule has 25 heavy (non-hydrogen) atoms. The van der Waals surface area contributed by atoms with E-state index in [4.69, 9.17) is 0 Å². The number of hydrazone groups is 1. The highest BCUT2D eigenvalue weighted by Crippen LogP contribution is 2.33. The lowest BCUT2D eigenvalue weighted by Crippen LogP contribution is -2.40. The Bertz CT molecular complexity index is 725. The van der Waals surface area contributed by atoms with Crippen molar-refractivity contribution in [1.29, 1.82) is 0 Å². The van der Waals surface area contributed by atoms with Gasteiger partial charge in [-0.25, -0.2) is 5.01 Å². The second kappa shape index (κ2) is 6.57. The molecule has 1 unspecified atom stereocenters. The summed E-state index contributed by atoms with van der Waals surface area (Å²) >= 11 is 0. The monoisotopic (exact) mass is 344 g/mol. The first-order chi connectivity index (χ1) is 12.1. The summed E-state index contributed by atoms with van der Waals surface area (Å²) in [5, 5.41) is 14.3. The van der Waals surface area contributed by atoms with Crippen molar-refractivity contribution in [2.45, 2.75) is 64.0 Å². The van der Waals surface area contributed by atoms with Gasteiger partial charge >= 0.3 is 0 Å².